The molecule has 0 unspecified atom stereocenters. The Bertz CT molecular complexity index is 2120. The lowest BCUT2D eigenvalue weighted by molar-refractivity contribution is -0.906. The summed E-state index contributed by atoms with van der Waals surface area (Å²) in [6, 6.07) is 1.43. The fourth-order valence-electron chi connectivity index (χ4n) is 8.62. The largest absolute Gasteiger partial charge is 0.507 e. The average Bonchev–Trinajstić information content (AvgIpc) is 3.16. The van der Waals surface area contributed by atoms with Crippen molar-refractivity contribution in [2.24, 2.45) is 16.8 Å². The quantitative estimate of drug-likeness (QED) is 0.140. The maximum absolute atomic E-state index is 14.4. The number of nitrogens with zero attached hydrogens (tertiary/aromatic N) is 1. The van der Waals surface area contributed by atoms with Crippen molar-refractivity contribution in [1.82, 2.24) is 4.98 Å². The van der Waals surface area contributed by atoms with Crippen molar-refractivity contribution >= 4 is 23.2 Å². The summed E-state index contributed by atoms with van der Waals surface area (Å²) in [4.78, 5) is 63.7. The Balaban J connectivity index is 1.26. The van der Waals surface area contributed by atoms with E-state index < -0.39 is 70.2 Å². The van der Waals surface area contributed by atoms with Gasteiger partial charge in [-0.15, -0.1) is 0 Å². The first-order valence-electron chi connectivity index (χ1n) is 18.3. The minimum absolute atomic E-state index is 0.0820. The Morgan fingerprint density at radius 3 is 2.72 bits per heavy atom. The van der Waals surface area contributed by atoms with Crippen LogP contribution in [0.25, 0.3) is 0 Å². The number of aromatic hydroxyl groups is 1. The van der Waals surface area contributed by atoms with Crippen molar-refractivity contribution in [2.45, 2.75) is 50.6 Å². The van der Waals surface area contributed by atoms with Crippen LogP contribution in [0.5, 0.6) is 17.2 Å². The van der Waals surface area contributed by atoms with Crippen LogP contribution in [0.1, 0.15) is 69.0 Å². The van der Waals surface area contributed by atoms with Crippen LogP contribution >= 0.6 is 0 Å². The first kappa shape index (κ1) is 35.9. The molecule has 1 aromatic heterocycles. The fraction of sp³-hybridized carbons (Fsp3) is 0.425. The summed E-state index contributed by atoms with van der Waals surface area (Å²) in [5.74, 6) is -4.39. The van der Waals surface area contributed by atoms with E-state index in [1.54, 1.807) is 31.2 Å². The number of phenolic OH excluding ortho intramolecular Hbond substituents is 1. The molecule has 1 fully saturated rings. The number of H-pyrrole nitrogens is 1. The molecule has 6 atom stereocenters. The van der Waals surface area contributed by atoms with Crippen LogP contribution in [0.4, 0.5) is 0 Å². The van der Waals surface area contributed by atoms with E-state index >= 15 is 0 Å². The van der Waals surface area contributed by atoms with Gasteiger partial charge in [-0.25, -0.2) is 4.79 Å². The number of allylic oxidation sites excluding steroid dienone is 6. The zero-order chi connectivity index (χ0) is 37.7. The van der Waals surface area contributed by atoms with E-state index in [-0.39, 0.29) is 47.0 Å². The number of ether oxygens (including phenoxy) is 5. The molecule has 54 heavy (non-hydrogen) atoms. The summed E-state index contributed by atoms with van der Waals surface area (Å²) in [6.07, 6.45) is 11.5. The van der Waals surface area contributed by atoms with E-state index in [0.717, 1.165) is 13.1 Å². The Morgan fingerprint density at radius 1 is 1.13 bits per heavy atom. The molecule has 1 saturated heterocycles. The van der Waals surface area contributed by atoms with Crippen LogP contribution in [0.15, 0.2) is 64.5 Å². The topological polar surface area (TPSA) is 187 Å². The number of aliphatic hydroxyl groups is 1. The number of quaternary nitrogens is 1. The third-order valence-corrected chi connectivity index (χ3v) is 11.1. The molecule has 282 valence electrons. The molecule has 8 rings (SSSR count). The highest BCUT2D eigenvalue weighted by atomic mass is 16.7. The molecule has 0 bridgehead atoms. The molecule has 6 aliphatic rings. The lowest BCUT2D eigenvalue weighted by atomic mass is 9.60. The second-order valence-corrected chi connectivity index (χ2v) is 14.3. The second-order valence-electron chi connectivity index (χ2n) is 14.3. The fourth-order valence-corrected chi connectivity index (χ4v) is 8.62. The van der Waals surface area contributed by atoms with E-state index in [4.69, 9.17) is 28.7 Å². The van der Waals surface area contributed by atoms with E-state index in [1.807, 2.05) is 25.2 Å². The van der Waals surface area contributed by atoms with Crippen molar-refractivity contribution in [3.63, 3.8) is 0 Å². The molecule has 0 spiro atoms. The number of aromatic amines is 1. The van der Waals surface area contributed by atoms with Gasteiger partial charge in [0.05, 0.1) is 55.2 Å². The van der Waals surface area contributed by atoms with Crippen LogP contribution < -0.4 is 19.9 Å². The molecule has 0 amide bonds. The van der Waals surface area contributed by atoms with Crippen molar-refractivity contribution in [3.8, 4) is 17.2 Å². The van der Waals surface area contributed by atoms with E-state index in [2.05, 4.69) is 4.98 Å². The number of fused-ring (bicyclic) bond motifs is 6. The lowest BCUT2D eigenvalue weighted by Crippen LogP contribution is -3.14. The monoisotopic (exact) mass is 740 g/mol. The van der Waals surface area contributed by atoms with Crippen LogP contribution in [-0.2, 0) is 24.6 Å². The van der Waals surface area contributed by atoms with Gasteiger partial charge in [-0.2, -0.15) is 0 Å². The summed E-state index contributed by atoms with van der Waals surface area (Å²) in [7, 11) is 0. The number of carbonyl (C=O) groups is 3. The van der Waals surface area contributed by atoms with Crippen molar-refractivity contribution in [2.75, 3.05) is 46.2 Å². The van der Waals surface area contributed by atoms with Crippen molar-refractivity contribution < 1.29 is 53.2 Å². The number of ketones is 2. The minimum atomic E-state index is -2.63. The number of nitrogens with one attached hydrogen (secondary N) is 2. The highest BCUT2D eigenvalue weighted by Gasteiger charge is 2.63. The lowest BCUT2D eigenvalue weighted by Gasteiger charge is -2.48. The van der Waals surface area contributed by atoms with Crippen LogP contribution in [0.3, 0.4) is 0 Å². The van der Waals surface area contributed by atoms with E-state index in [9.17, 15) is 29.4 Å². The molecule has 14 nitrogen and oxygen atoms in total. The summed E-state index contributed by atoms with van der Waals surface area (Å²) < 4.78 is 30.2. The minimum Gasteiger partial charge on any atom is -0.507 e. The van der Waals surface area contributed by atoms with Gasteiger partial charge in [0.15, 0.2) is 35.8 Å². The molecule has 3 aliphatic carbocycles. The SMILES string of the molecule is C/C=C/C=C/C=C/C(=O)O[C@@H]1C=CC[C@H]2C(=NCC[NH+]3CCOCC3)c3c(O)c4c5c(c3O[C@H]12)OCO[C@@H]5C[C@@H]1C(=O)c2cc(C)[nH]c(=O)c2C(=O)[C@]41O. The maximum Gasteiger partial charge on any atom is 0.331 e. The van der Waals surface area contributed by atoms with E-state index in [0.29, 0.717) is 44.1 Å². The molecule has 3 aliphatic heterocycles. The number of Topliss-reactive ketones (excluding diaryl/α,β-unsaturated/α-hetero) is 2. The zero-order valence-electron chi connectivity index (χ0n) is 30.0. The number of hydrogen-bond donors (Lipinski definition) is 4. The Morgan fingerprint density at radius 2 is 1.93 bits per heavy atom. The van der Waals surface area contributed by atoms with E-state index in [1.165, 1.54) is 17.0 Å². The standard InChI is InChI=1S/C40H41N3O11/c1-3-4-5-6-7-11-27(44)53-25-10-8-9-22-32(41-12-13-43-14-16-50-17-15-43)30-34(46)31-29-26(51-20-52-36(29)37(30)54-35(22)25)19-24-33(45)23-18-21(2)42-39(48)28(23)38(47)40(24,31)49/h3-8,10-11,18,22,24-26,35,46,49H,9,12-17,19-20H2,1-2H3,(H,42,48)/p+1/b4-3+,6-5+,11-7+,41-32?/t22-,24+,25+,26+,35-,40+/m0/s1. The molecule has 4 N–H and O–H groups in total. The Hall–Kier alpha value is -5.15. The number of phenols is 1. The van der Waals surface area contributed by atoms with Gasteiger partial charge in [0.1, 0.15) is 24.9 Å². The predicted molar refractivity (Wildman–Crippen MR) is 192 cm³/mol. The Labute approximate surface area is 310 Å². The molecule has 14 heteroatoms. The van der Waals surface area contributed by atoms with Gasteiger partial charge in [-0.3, -0.25) is 19.4 Å². The number of pyridine rings is 1. The second kappa shape index (κ2) is 14.3. The van der Waals surface area contributed by atoms with Gasteiger partial charge < -0.3 is 43.8 Å². The molecule has 4 heterocycles. The molecular weight excluding hydrogens is 698 g/mol. The third kappa shape index (κ3) is 5.84. The van der Waals surface area contributed by atoms with Gasteiger partial charge in [-0.05, 0) is 38.8 Å². The van der Waals surface area contributed by atoms with Crippen LogP contribution in [0, 0.1) is 18.8 Å². The highest BCUT2D eigenvalue weighted by Crippen LogP contribution is 2.62. The Kier molecular flexibility index (Phi) is 9.46. The number of rotatable bonds is 7. The van der Waals surface area contributed by atoms with Gasteiger partial charge >= 0.3 is 5.97 Å². The van der Waals surface area contributed by atoms with Crippen molar-refractivity contribution in [3.05, 3.63) is 98.5 Å². The number of benzene rings is 1. The molecule has 0 saturated carbocycles. The smallest absolute Gasteiger partial charge is 0.331 e. The first-order chi connectivity index (χ1) is 26.1. The van der Waals surface area contributed by atoms with Gasteiger partial charge in [0.2, 0.25) is 5.78 Å². The van der Waals surface area contributed by atoms with Gasteiger partial charge in [0, 0.05) is 34.4 Å². The van der Waals surface area contributed by atoms with Gasteiger partial charge in [0.25, 0.3) is 5.56 Å². The molecule has 2 aromatic rings. The molecular formula is C40H42N3O11+. The maximum atomic E-state index is 14.4. The summed E-state index contributed by atoms with van der Waals surface area (Å²) in [5.41, 5.74) is -3.20. The van der Waals surface area contributed by atoms with Crippen LogP contribution in [-0.4, -0.2) is 96.8 Å². The number of aromatic nitrogens is 1. The van der Waals surface area contributed by atoms with Crippen molar-refractivity contribution in [1.29, 1.82) is 0 Å². The number of aryl methyl sites for hydroxylation is 1. The number of carbonyl (C=O) groups excluding carboxylic acids is 3. The molecule has 0 radical (unpaired) electrons. The summed E-state index contributed by atoms with van der Waals surface area (Å²) >= 11 is 0. The summed E-state index contributed by atoms with van der Waals surface area (Å²) in [5, 5.41) is 25.1. The van der Waals surface area contributed by atoms with Crippen LogP contribution in [0.2, 0.25) is 0 Å². The zero-order valence-corrected chi connectivity index (χ0v) is 30.0. The number of morpholine rings is 1. The average molecular weight is 741 g/mol. The number of hydrogen-bond acceptors (Lipinski definition) is 12. The predicted octanol–water partition coefficient (Wildman–Crippen LogP) is 1.72. The highest BCUT2D eigenvalue weighted by molar-refractivity contribution is 6.20. The molecule has 1 aromatic carbocycles. The normalized spacial score (nSPS) is 29.4. The number of esters is 1. The third-order valence-electron chi connectivity index (χ3n) is 11.1. The summed E-state index contributed by atoms with van der Waals surface area (Å²) in [6.45, 7) is 7.18. The number of aliphatic imine (C=N–C) groups is 1. The van der Waals surface area contributed by atoms with Gasteiger partial charge in [-0.1, -0.05) is 36.5 Å². The first-order valence-corrected chi connectivity index (χ1v) is 18.3.